The highest BCUT2D eigenvalue weighted by atomic mass is 16.5. The zero-order chi connectivity index (χ0) is 16.2. The second kappa shape index (κ2) is 6.36. The number of hydrogen-bond acceptors (Lipinski definition) is 4. The molecule has 0 aliphatic rings. The van der Waals surface area contributed by atoms with Crippen molar-refractivity contribution in [3.63, 3.8) is 0 Å². The molecule has 23 heavy (non-hydrogen) atoms. The lowest BCUT2D eigenvalue weighted by molar-refractivity contribution is 0.0735. The van der Waals surface area contributed by atoms with E-state index in [1.54, 1.807) is 61.7 Å². The largest absolute Gasteiger partial charge is 0.449 e. The minimum absolute atomic E-state index is 0.293. The summed E-state index contributed by atoms with van der Waals surface area (Å²) in [6.07, 6.45) is 1.17. The molecule has 5 heteroatoms. The van der Waals surface area contributed by atoms with Crippen molar-refractivity contribution in [2.24, 2.45) is 0 Å². The molecule has 1 aromatic heterocycles. The van der Waals surface area contributed by atoms with Crippen LogP contribution in [0.5, 0.6) is 5.75 Å². The van der Waals surface area contributed by atoms with Crippen LogP contribution in [-0.2, 0) is 4.74 Å². The number of hydrogen-bond donors (Lipinski definition) is 0. The van der Waals surface area contributed by atoms with E-state index >= 15 is 0 Å². The van der Waals surface area contributed by atoms with Crippen LogP contribution in [0.2, 0.25) is 0 Å². The van der Waals surface area contributed by atoms with Crippen LogP contribution in [0.15, 0.2) is 60.8 Å². The highest BCUT2D eigenvalue weighted by molar-refractivity contribution is 5.93. The fourth-order valence-corrected chi connectivity index (χ4v) is 2.26. The third kappa shape index (κ3) is 3.08. The molecule has 0 saturated heterocycles. The van der Waals surface area contributed by atoms with E-state index < -0.39 is 12.1 Å². The first-order chi connectivity index (χ1) is 11.2. The van der Waals surface area contributed by atoms with Crippen LogP contribution < -0.4 is 4.74 Å². The molecular weight excluding hydrogens is 294 g/mol. The summed E-state index contributed by atoms with van der Waals surface area (Å²) in [5.41, 5.74) is 1.09. The van der Waals surface area contributed by atoms with Gasteiger partial charge in [0.25, 0.3) is 0 Å². The minimum Gasteiger partial charge on any atom is -0.449 e. The lowest BCUT2D eigenvalue weighted by Gasteiger charge is -2.07. The van der Waals surface area contributed by atoms with Gasteiger partial charge in [0, 0.05) is 17.6 Å². The van der Waals surface area contributed by atoms with Crippen LogP contribution in [0.4, 0.5) is 4.79 Å². The van der Waals surface area contributed by atoms with E-state index in [2.05, 4.69) is 0 Å². The van der Waals surface area contributed by atoms with Crippen LogP contribution >= 0.6 is 0 Å². The van der Waals surface area contributed by atoms with Crippen molar-refractivity contribution in [2.75, 3.05) is 6.61 Å². The average Bonchev–Trinajstić information content (AvgIpc) is 2.99. The lowest BCUT2D eigenvalue weighted by atomic mass is 10.2. The van der Waals surface area contributed by atoms with Crippen molar-refractivity contribution >= 4 is 23.0 Å². The van der Waals surface area contributed by atoms with Crippen molar-refractivity contribution in [3.05, 3.63) is 66.4 Å². The van der Waals surface area contributed by atoms with Gasteiger partial charge in [-0.3, -0.25) is 4.57 Å². The third-order valence-electron chi connectivity index (χ3n) is 3.35. The zero-order valence-corrected chi connectivity index (χ0v) is 12.6. The predicted octanol–water partition coefficient (Wildman–Crippen LogP) is 3.87. The molecule has 116 valence electrons. The minimum atomic E-state index is -0.464. The number of nitrogens with zero attached hydrogens (tertiary/aromatic N) is 1. The molecule has 0 amide bonds. The van der Waals surface area contributed by atoms with Crippen molar-refractivity contribution in [2.45, 2.75) is 6.92 Å². The van der Waals surface area contributed by atoms with Gasteiger partial charge in [0.1, 0.15) is 5.75 Å². The van der Waals surface area contributed by atoms with Crippen molar-refractivity contribution in [3.8, 4) is 5.75 Å². The van der Waals surface area contributed by atoms with Gasteiger partial charge in [-0.05, 0) is 37.3 Å². The molecule has 0 N–H and O–H groups in total. The number of fused-ring (bicyclic) bond motifs is 1. The van der Waals surface area contributed by atoms with Gasteiger partial charge in [-0.2, -0.15) is 0 Å². The van der Waals surface area contributed by atoms with E-state index in [0.29, 0.717) is 23.4 Å². The Labute approximate surface area is 133 Å². The number of benzene rings is 2. The summed E-state index contributed by atoms with van der Waals surface area (Å²) in [6, 6.07) is 15.7. The molecule has 0 aliphatic heterocycles. The molecule has 0 bridgehead atoms. The van der Waals surface area contributed by atoms with Gasteiger partial charge in [0.2, 0.25) is 0 Å². The van der Waals surface area contributed by atoms with Crippen molar-refractivity contribution in [1.29, 1.82) is 0 Å². The van der Waals surface area contributed by atoms with E-state index in [4.69, 9.17) is 9.47 Å². The monoisotopic (exact) mass is 309 g/mol. The van der Waals surface area contributed by atoms with E-state index in [1.165, 1.54) is 4.57 Å². The Morgan fingerprint density at radius 3 is 2.57 bits per heavy atom. The molecule has 0 aliphatic carbocycles. The van der Waals surface area contributed by atoms with E-state index in [0.717, 1.165) is 5.39 Å². The third-order valence-corrected chi connectivity index (χ3v) is 3.35. The van der Waals surface area contributed by atoms with Crippen LogP contribution in [-0.4, -0.2) is 23.2 Å². The highest BCUT2D eigenvalue weighted by Gasteiger charge is 2.12. The topological polar surface area (TPSA) is 57.5 Å². The SMILES string of the molecule is CCOC(=O)n1ccc2ccc(OC(=O)c3ccccc3)cc21. The smallest absolute Gasteiger partial charge is 0.418 e. The van der Waals surface area contributed by atoms with Gasteiger partial charge in [-0.1, -0.05) is 18.2 Å². The van der Waals surface area contributed by atoms with Crippen LogP contribution in [0.3, 0.4) is 0 Å². The Balaban J connectivity index is 1.89. The van der Waals surface area contributed by atoms with Gasteiger partial charge in [0.05, 0.1) is 17.7 Å². The van der Waals surface area contributed by atoms with Gasteiger partial charge in [0.15, 0.2) is 0 Å². The van der Waals surface area contributed by atoms with Crippen LogP contribution in [0, 0.1) is 0 Å². The second-order valence-corrected chi connectivity index (χ2v) is 4.86. The van der Waals surface area contributed by atoms with Crippen LogP contribution in [0.25, 0.3) is 10.9 Å². The first-order valence-corrected chi connectivity index (χ1v) is 7.24. The second-order valence-electron chi connectivity index (χ2n) is 4.86. The maximum Gasteiger partial charge on any atom is 0.418 e. The first kappa shape index (κ1) is 14.8. The van der Waals surface area contributed by atoms with E-state index in [1.807, 2.05) is 6.07 Å². The Bertz CT molecular complexity index is 852. The Hall–Kier alpha value is -3.08. The number of carbonyl (C=O) groups excluding carboxylic acids is 2. The maximum absolute atomic E-state index is 12.1. The Kier molecular flexibility index (Phi) is 4.10. The molecule has 0 fully saturated rings. The molecule has 5 nitrogen and oxygen atoms in total. The summed E-state index contributed by atoms with van der Waals surface area (Å²) in [7, 11) is 0. The predicted molar refractivity (Wildman–Crippen MR) is 85.8 cm³/mol. The Morgan fingerprint density at radius 2 is 1.83 bits per heavy atom. The Morgan fingerprint density at radius 1 is 1.04 bits per heavy atom. The average molecular weight is 309 g/mol. The van der Waals surface area contributed by atoms with Gasteiger partial charge >= 0.3 is 12.1 Å². The molecule has 2 aromatic carbocycles. The van der Waals surface area contributed by atoms with Gasteiger partial charge in [-0.25, -0.2) is 9.59 Å². The molecule has 3 aromatic rings. The number of aromatic nitrogens is 1. The number of rotatable bonds is 3. The fraction of sp³-hybridized carbons (Fsp3) is 0.111. The summed E-state index contributed by atoms with van der Waals surface area (Å²) in [4.78, 5) is 24.0. The summed E-state index contributed by atoms with van der Waals surface area (Å²) in [5.74, 6) is -0.0743. The molecule has 0 unspecified atom stereocenters. The zero-order valence-electron chi connectivity index (χ0n) is 12.6. The molecule has 1 heterocycles. The van der Waals surface area contributed by atoms with E-state index in [9.17, 15) is 9.59 Å². The van der Waals surface area contributed by atoms with Crippen molar-refractivity contribution < 1.29 is 19.1 Å². The van der Waals surface area contributed by atoms with Gasteiger partial charge in [-0.15, -0.1) is 0 Å². The molecule has 0 radical (unpaired) electrons. The molecule has 0 saturated carbocycles. The standard InChI is InChI=1S/C18H15NO4/c1-2-22-18(21)19-11-10-13-8-9-15(12-16(13)19)23-17(20)14-6-4-3-5-7-14/h3-12H,2H2,1H3. The fourth-order valence-electron chi connectivity index (χ4n) is 2.26. The summed E-state index contributed by atoms with van der Waals surface area (Å²) >= 11 is 0. The normalized spacial score (nSPS) is 10.5. The van der Waals surface area contributed by atoms with Crippen LogP contribution in [0.1, 0.15) is 17.3 Å². The van der Waals surface area contributed by atoms with Gasteiger partial charge < -0.3 is 9.47 Å². The van der Waals surface area contributed by atoms with Crippen molar-refractivity contribution in [1.82, 2.24) is 4.57 Å². The highest BCUT2D eigenvalue weighted by Crippen LogP contribution is 2.23. The number of esters is 1. The summed E-state index contributed by atoms with van der Waals surface area (Å²) in [5, 5.41) is 0.859. The molecular formula is C18H15NO4. The molecule has 0 atom stereocenters. The summed E-state index contributed by atoms with van der Waals surface area (Å²) < 4.78 is 11.8. The maximum atomic E-state index is 12.1. The number of ether oxygens (including phenoxy) is 2. The molecule has 3 rings (SSSR count). The quantitative estimate of drug-likeness (QED) is 0.544. The summed E-state index contributed by atoms with van der Waals surface area (Å²) in [6.45, 7) is 2.04. The van der Waals surface area contributed by atoms with E-state index in [-0.39, 0.29) is 0 Å². The molecule has 0 spiro atoms. The number of carbonyl (C=O) groups is 2. The lowest BCUT2D eigenvalue weighted by Crippen LogP contribution is -2.12. The first-order valence-electron chi connectivity index (χ1n) is 7.24.